The van der Waals surface area contributed by atoms with Gasteiger partial charge in [-0.15, -0.1) is 0 Å². The van der Waals surface area contributed by atoms with Crippen molar-refractivity contribution in [1.82, 2.24) is 0 Å². The van der Waals surface area contributed by atoms with E-state index in [1.54, 1.807) is 12.1 Å². The van der Waals surface area contributed by atoms with Gasteiger partial charge in [-0.25, -0.2) is 0 Å². The van der Waals surface area contributed by atoms with Gasteiger partial charge in [-0.1, -0.05) is 26.0 Å². The van der Waals surface area contributed by atoms with Gasteiger partial charge in [-0.2, -0.15) is 0 Å². The normalized spacial score (nSPS) is 22.9. The molecular weight excluding hydrogens is 254 g/mol. The van der Waals surface area contributed by atoms with Crippen LogP contribution in [0.1, 0.15) is 32.8 Å². The first kappa shape index (κ1) is 14.7. The maximum atomic E-state index is 12.6. The molecule has 1 aromatic rings. The second-order valence-corrected chi connectivity index (χ2v) is 5.92. The highest BCUT2D eigenvalue weighted by molar-refractivity contribution is 6.22. The second kappa shape index (κ2) is 5.37. The minimum Gasteiger partial charge on any atom is -0.396 e. The van der Waals surface area contributed by atoms with Crippen LogP contribution in [-0.2, 0) is 16.0 Å². The van der Waals surface area contributed by atoms with Gasteiger partial charge in [-0.05, 0) is 37.0 Å². The maximum absolute atomic E-state index is 12.6. The van der Waals surface area contributed by atoms with Crippen LogP contribution in [0.3, 0.4) is 0 Å². The number of amides is 2. The number of nitrogens with zero attached hydrogens (tertiary/aromatic N) is 1. The molecule has 1 aliphatic rings. The first-order chi connectivity index (χ1) is 9.40. The minimum atomic E-state index is -0.610. The Balaban J connectivity index is 2.29. The Morgan fingerprint density at radius 3 is 2.30 bits per heavy atom. The van der Waals surface area contributed by atoms with Gasteiger partial charge in [-0.3, -0.25) is 14.5 Å². The Bertz CT molecular complexity index is 521. The number of carbonyl (C=O) groups is 2. The average molecular weight is 275 g/mol. The second-order valence-electron chi connectivity index (χ2n) is 5.92. The lowest BCUT2D eigenvalue weighted by molar-refractivity contribution is -0.126. The molecule has 0 aromatic heterocycles. The van der Waals surface area contributed by atoms with Crippen molar-refractivity contribution < 1.29 is 14.7 Å². The van der Waals surface area contributed by atoms with Gasteiger partial charge in [0.25, 0.3) is 0 Å². The lowest BCUT2D eigenvalue weighted by atomic mass is 9.78. The van der Waals surface area contributed by atoms with Crippen LogP contribution >= 0.6 is 0 Å². The molecule has 1 N–H and O–H groups in total. The van der Waals surface area contributed by atoms with Crippen molar-refractivity contribution in [2.45, 2.75) is 33.6 Å². The van der Waals surface area contributed by atoms with E-state index in [9.17, 15) is 9.59 Å². The van der Waals surface area contributed by atoms with Gasteiger partial charge in [0.1, 0.15) is 0 Å². The predicted octanol–water partition coefficient (Wildman–Crippen LogP) is 2.15. The quantitative estimate of drug-likeness (QED) is 0.857. The van der Waals surface area contributed by atoms with Crippen molar-refractivity contribution in [2.24, 2.45) is 11.3 Å². The smallest absolute Gasteiger partial charge is 0.240 e. The molecule has 0 bridgehead atoms. The number of carbonyl (C=O) groups excluding carboxylic acids is 2. The molecule has 1 unspecified atom stereocenters. The number of anilines is 1. The molecule has 1 aliphatic heterocycles. The zero-order valence-electron chi connectivity index (χ0n) is 12.2. The van der Waals surface area contributed by atoms with Gasteiger partial charge in [0.15, 0.2) is 0 Å². The van der Waals surface area contributed by atoms with E-state index in [4.69, 9.17) is 5.11 Å². The van der Waals surface area contributed by atoms with E-state index in [0.29, 0.717) is 12.1 Å². The van der Waals surface area contributed by atoms with E-state index in [-0.39, 0.29) is 30.8 Å². The number of imide groups is 1. The largest absolute Gasteiger partial charge is 0.396 e. The van der Waals surface area contributed by atoms with Crippen molar-refractivity contribution in [3.8, 4) is 0 Å². The summed E-state index contributed by atoms with van der Waals surface area (Å²) < 4.78 is 0. The van der Waals surface area contributed by atoms with Crippen LogP contribution < -0.4 is 4.90 Å². The minimum absolute atomic E-state index is 0.0896. The van der Waals surface area contributed by atoms with Crippen LogP contribution in [0.15, 0.2) is 24.3 Å². The van der Waals surface area contributed by atoms with Gasteiger partial charge in [0, 0.05) is 13.0 Å². The topological polar surface area (TPSA) is 57.6 Å². The van der Waals surface area contributed by atoms with Crippen molar-refractivity contribution in [2.75, 3.05) is 11.5 Å². The molecular formula is C16H21NO3. The van der Waals surface area contributed by atoms with E-state index < -0.39 is 5.41 Å². The van der Waals surface area contributed by atoms with E-state index in [1.807, 2.05) is 32.9 Å². The summed E-state index contributed by atoms with van der Waals surface area (Å²) in [6, 6.07) is 7.23. The Morgan fingerprint density at radius 1 is 1.25 bits per heavy atom. The standard InChI is InChI=1S/C16H21NO3/c1-11(2)16(3)10-14(19)17(15(16)20)13-6-4-12(5-7-13)8-9-18/h4-7,11,18H,8-10H2,1-3H3. The number of benzene rings is 1. The molecule has 4 nitrogen and oxygen atoms in total. The van der Waals surface area contributed by atoms with Crippen LogP contribution in [-0.4, -0.2) is 23.5 Å². The highest BCUT2D eigenvalue weighted by atomic mass is 16.3. The number of rotatable bonds is 4. The third kappa shape index (κ3) is 2.36. The van der Waals surface area contributed by atoms with Gasteiger partial charge in [0.2, 0.25) is 11.8 Å². The van der Waals surface area contributed by atoms with E-state index in [1.165, 1.54) is 4.90 Å². The van der Waals surface area contributed by atoms with Crippen molar-refractivity contribution in [1.29, 1.82) is 0 Å². The summed E-state index contributed by atoms with van der Waals surface area (Å²) >= 11 is 0. The Labute approximate surface area is 119 Å². The third-order valence-electron chi connectivity index (χ3n) is 4.33. The van der Waals surface area contributed by atoms with E-state index >= 15 is 0 Å². The number of hydrogen-bond donors (Lipinski definition) is 1. The zero-order valence-corrected chi connectivity index (χ0v) is 12.2. The van der Waals surface area contributed by atoms with Crippen LogP contribution in [0.25, 0.3) is 0 Å². The fourth-order valence-electron chi connectivity index (χ4n) is 2.49. The molecule has 0 spiro atoms. The third-order valence-corrected chi connectivity index (χ3v) is 4.33. The van der Waals surface area contributed by atoms with Crippen LogP contribution in [0, 0.1) is 11.3 Å². The lowest BCUT2D eigenvalue weighted by Gasteiger charge is -2.26. The summed E-state index contributed by atoms with van der Waals surface area (Å²) in [4.78, 5) is 26.0. The van der Waals surface area contributed by atoms with Crippen molar-refractivity contribution in [3.63, 3.8) is 0 Å². The molecule has 1 heterocycles. The SMILES string of the molecule is CC(C)C1(C)CC(=O)N(c2ccc(CCO)cc2)C1=O. The number of aliphatic hydroxyl groups is 1. The van der Waals surface area contributed by atoms with Gasteiger partial charge >= 0.3 is 0 Å². The fraction of sp³-hybridized carbons (Fsp3) is 0.500. The Kier molecular flexibility index (Phi) is 3.95. The van der Waals surface area contributed by atoms with Gasteiger partial charge < -0.3 is 5.11 Å². The van der Waals surface area contributed by atoms with Crippen LogP contribution in [0.2, 0.25) is 0 Å². The summed E-state index contributed by atoms with van der Waals surface area (Å²) in [6.45, 7) is 5.89. The molecule has 1 saturated heterocycles. The summed E-state index contributed by atoms with van der Waals surface area (Å²) in [5.41, 5.74) is 0.994. The molecule has 0 radical (unpaired) electrons. The predicted molar refractivity (Wildman–Crippen MR) is 77.3 cm³/mol. The van der Waals surface area contributed by atoms with Crippen LogP contribution in [0.5, 0.6) is 0 Å². The molecule has 20 heavy (non-hydrogen) atoms. The molecule has 0 aliphatic carbocycles. The van der Waals surface area contributed by atoms with E-state index in [2.05, 4.69) is 0 Å². The molecule has 4 heteroatoms. The molecule has 1 aromatic carbocycles. The molecule has 108 valence electrons. The van der Waals surface area contributed by atoms with Crippen LogP contribution in [0.4, 0.5) is 5.69 Å². The summed E-state index contributed by atoms with van der Waals surface area (Å²) in [7, 11) is 0. The van der Waals surface area contributed by atoms with Gasteiger partial charge in [0.05, 0.1) is 11.1 Å². The first-order valence-electron chi connectivity index (χ1n) is 6.97. The first-order valence-corrected chi connectivity index (χ1v) is 6.97. The Morgan fingerprint density at radius 2 is 1.85 bits per heavy atom. The summed E-state index contributed by atoms with van der Waals surface area (Å²) in [5, 5.41) is 8.90. The Hall–Kier alpha value is -1.68. The van der Waals surface area contributed by atoms with Crippen molar-refractivity contribution in [3.05, 3.63) is 29.8 Å². The number of hydrogen-bond acceptors (Lipinski definition) is 3. The lowest BCUT2D eigenvalue weighted by Crippen LogP contribution is -2.36. The average Bonchev–Trinajstić information content (AvgIpc) is 2.63. The van der Waals surface area contributed by atoms with E-state index in [0.717, 1.165) is 5.56 Å². The molecule has 1 atom stereocenters. The molecule has 0 saturated carbocycles. The maximum Gasteiger partial charge on any atom is 0.240 e. The zero-order chi connectivity index (χ0) is 14.9. The molecule has 2 rings (SSSR count). The highest BCUT2D eigenvalue weighted by Gasteiger charge is 2.50. The van der Waals surface area contributed by atoms with Crippen molar-refractivity contribution >= 4 is 17.5 Å². The monoisotopic (exact) mass is 275 g/mol. The summed E-state index contributed by atoms with van der Waals surface area (Å²) in [6.07, 6.45) is 0.841. The highest BCUT2D eigenvalue weighted by Crippen LogP contribution is 2.41. The molecule has 2 amide bonds. The summed E-state index contributed by atoms with van der Waals surface area (Å²) in [5.74, 6) is -0.133. The number of aliphatic hydroxyl groups excluding tert-OH is 1. The molecule has 1 fully saturated rings. The fourth-order valence-corrected chi connectivity index (χ4v) is 2.49.